The standard InChI is InChI=1S/C9H8N2O3/c1-2-8(12)11-7-5-10-4-3-6(7)9(13)14/h2-5H,1H2,(H,11,12)(H,13,14). The molecule has 0 saturated carbocycles. The molecule has 0 atom stereocenters. The molecule has 0 aliphatic carbocycles. The molecule has 1 aromatic heterocycles. The third-order valence-electron chi connectivity index (χ3n) is 1.49. The van der Waals surface area contributed by atoms with Gasteiger partial charge in [0.2, 0.25) is 5.91 Å². The van der Waals surface area contributed by atoms with Crippen molar-refractivity contribution in [1.29, 1.82) is 0 Å². The fourth-order valence-electron chi connectivity index (χ4n) is 0.864. The molecule has 0 spiro atoms. The van der Waals surface area contributed by atoms with Gasteiger partial charge in [-0.05, 0) is 12.1 Å². The quantitative estimate of drug-likeness (QED) is 0.697. The lowest BCUT2D eigenvalue weighted by atomic mass is 10.2. The van der Waals surface area contributed by atoms with Crippen LogP contribution in [0.25, 0.3) is 0 Å². The number of aromatic nitrogens is 1. The Balaban J connectivity index is 3.01. The summed E-state index contributed by atoms with van der Waals surface area (Å²) in [6.45, 7) is 3.25. The highest BCUT2D eigenvalue weighted by atomic mass is 16.4. The lowest BCUT2D eigenvalue weighted by Crippen LogP contribution is -2.11. The molecule has 0 bridgehead atoms. The van der Waals surface area contributed by atoms with Gasteiger partial charge in [0, 0.05) is 6.20 Å². The van der Waals surface area contributed by atoms with E-state index in [2.05, 4.69) is 16.9 Å². The third kappa shape index (κ3) is 2.16. The minimum atomic E-state index is -1.12. The first-order chi connectivity index (χ1) is 6.65. The van der Waals surface area contributed by atoms with E-state index in [0.717, 1.165) is 6.08 Å². The van der Waals surface area contributed by atoms with Crippen molar-refractivity contribution in [2.75, 3.05) is 5.32 Å². The number of nitrogens with one attached hydrogen (secondary N) is 1. The lowest BCUT2D eigenvalue weighted by Gasteiger charge is -2.04. The number of pyridine rings is 1. The molecule has 14 heavy (non-hydrogen) atoms. The molecular weight excluding hydrogens is 184 g/mol. The van der Waals surface area contributed by atoms with Gasteiger partial charge >= 0.3 is 5.97 Å². The Morgan fingerprint density at radius 3 is 2.86 bits per heavy atom. The second-order valence-electron chi connectivity index (χ2n) is 2.42. The molecule has 1 rings (SSSR count). The van der Waals surface area contributed by atoms with Gasteiger partial charge in [0.15, 0.2) is 0 Å². The van der Waals surface area contributed by atoms with Crippen molar-refractivity contribution in [2.24, 2.45) is 0 Å². The van der Waals surface area contributed by atoms with Crippen molar-refractivity contribution in [3.05, 3.63) is 36.7 Å². The van der Waals surface area contributed by atoms with Crippen LogP contribution in [0.4, 0.5) is 5.69 Å². The maximum atomic E-state index is 10.9. The smallest absolute Gasteiger partial charge is 0.337 e. The van der Waals surface area contributed by atoms with Crippen LogP contribution in [0.15, 0.2) is 31.1 Å². The van der Waals surface area contributed by atoms with Crippen molar-refractivity contribution >= 4 is 17.6 Å². The molecule has 0 radical (unpaired) electrons. The summed E-state index contributed by atoms with van der Waals surface area (Å²) in [5, 5.41) is 11.1. The zero-order valence-electron chi connectivity index (χ0n) is 7.23. The van der Waals surface area contributed by atoms with Crippen LogP contribution in [0, 0.1) is 0 Å². The number of rotatable bonds is 3. The highest BCUT2D eigenvalue weighted by Gasteiger charge is 2.10. The maximum Gasteiger partial charge on any atom is 0.337 e. The van der Waals surface area contributed by atoms with Gasteiger partial charge in [0.05, 0.1) is 17.4 Å². The summed E-state index contributed by atoms with van der Waals surface area (Å²) < 4.78 is 0. The van der Waals surface area contributed by atoms with Crippen molar-refractivity contribution < 1.29 is 14.7 Å². The topological polar surface area (TPSA) is 79.3 Å². The third-order valence-corrected chi connectivity index (χ3v) is 1.49. The second-order valence-corrected chi connectivity index (χ2v) is 2.42. The number of carbonyl (C=O) groups excluding carboxylic acids is 1. The summed E-state index contributed by atoms with van der Waals surface area (Å²) in [5.41, 5.74) is 0.153. The molecule has 0 aliphatic heterocycles. The fourth-order valence-corrected chi connectivity index (χ4v) is 0.864. The number of hydrogen-bond donors (Lipinski definition) is 2. The van der Waals surface area contributed by atoms with Crippen molar-refractivity contribution in [1.82, 2.24) is 4.98 Å². The van der Waals surface area contributed by atoms with E-state index in [-0.39, 0.29) is 11.3 Å². The van der Waals surface area contributed by atoms with E-state index in [4.69, 9.17) is 5.11 Å². The minimum Gasteiger partial charge on any atom is -0.478 e. The van der Waals surface area contributed by atoms with E-state index in [1.165, 1.54) is 18.5 Å². The van der Waals surface area contributed by atoms with E-state index in [0.29, 0.717) is 0 Å². The average Bonchev–Trinajstić information content (AvgIpc) is 2.18. The van der Waals surface area contributed by atoms with Crippen molar-refractivity contribution in [3.8, 4) is 0 Å². The van der Waals surface area contributed by atoms with E-state index in [1.54, 1.807) is 0 Å². The van der Waals surface area contributed by atoms with Crippen LogP contribution in [0.5, 0.6) is 0 Å². The summed E-state index contributed by atoms with van der Waals surface area (Å²) >= 11 is 0. The van der Waals surface area contributed by atoms with Gasteiger partial charge in [0.1, 0.15) is 0 Å². The molecule has 72 valence electrons. The molecule has 0 saturated heterocycles. The van der Waals surface area contributed by atoms with Crippen LogP contribution >= 0.6 is 0 Å². The first-order valence-electron chi connectivity index (χ1n) is 3.76. The molecule has 1 heterocycles. The number of carboxylic acids is 1. The molecule has 0 fully saturated rings. The Morgan fingerprint density at radius 1 is 1.57 bits per heavy atom. The molecule has 5 nitrogen and oxygen atoms in total. The number of anilines is 1. The molecule has 1 aromatic rings. The van der Waals surface area contributed by atoms with Crippen LogP contribution in [-0.2, 0) is 4.79 Å². The fraction of sp³-hybridized carbons (Fsp3) is 0. The van der Waals surface area contributed by atoms with E-state index in [1.807, 2.05) is 0 Å². The predicted molar refractivity (Wildman–Crippen MR) is 50.0 cm³/mol. The zero-order chi connectivity index (χ0) is 10.6. The Labute approximate surface area is 80.1 Å². The summed E-state index contributed by atoms with van der Waals surface area (Å²) in [6, 6.07) is 1.31. The number of hydrogen-bond acceptors (Lipinski definition) is 3. The first kappa shape index (κ1) is 9.91. The van der Waals surface area contributed by atoms with Gasteiger partial charge in [-0.2, -0.15) is 0 Å². The molecule has 5 heteroatoms. The van der Waals surface area contributed by atoms with Crippen LogP contribution in [0.1, 0.15) is 10.4 Å². The predicted octanol–water partition coefficient (Wildman–Crippen LogP) is 0.904. The summed E-state index contributed by atoms with van der Waals surface area (Å²) in [6.07, 6.45) is 3.66. The largest absolute Gasteiger partial charge is 0.478 e. The minimum absolute atomic E-state index is 0.00444. The zero-order valence-corrected chi connectivity index (χ0v) is 7.23. The highest BCUT2D eigenvalue weighted by molar-refractivity contribution is 6.03. The summed E-state index contributed by atoms with van der Waals surface area (Å²) in [4.78, 5) is 25.3. The van der Waals surface area contributed by atoms with Gasteiger partial charge in [-0.25, -0.2) is 4.79 Å². The summed E-state index contributed by atoms with van der Waals surface area (Å²) in [7, 11) is 0. The van der Waals surface area contributed by atoms with Crippen molar-refractivity contribution in [2.45, 2.75) is 0 Å². The van der Waals surface area contributed by atoms with Gasteiger partial charge in [-0.15, -0.1) is 0 Å². The molecule has 1 amide bonds. The van der Waals surface area contributed by atoms with E-state index < -0.39 is 11.9 Å². The summed E-state index contributed by atoms with van der Waals surface area (Å²) in [5.74, 6) is -1.59. The van der Waals surface area contributed by atoms with Crippen LogP contribution in [0.2, 0.25) is 0 Å². The highest BCUT2D eigenvalue weighted by Crippen LogP contribution is 2.12. The Morgan fingerprint density at radius 2 is 2.29 bits per heavy atom. The SMILES string of the molecule is C=CC(=O)Nc1cnccc1C(=O)O. The average molecular weight is 192 g/mol. The molecule has 0 aromatic carbocycles. The number of carboxylic acid groups (broad SMARTS) is 1. The monoisotopic (exact) mass is 192 g/mol. The first-order valence-corrected chi connectivity index (χ1v) is 3.76. The normalized spacial score (nSPS) is 9.14. The number of amides is 1. The molecule has 2 N–H and O–H groups in total. The molecule has 0 unspecified atom stereocenters. The Hall–Kier alpha value is -2.17. The van der Waals surface area contributed by atoms with Crippen LogP contribution < -0.4 is 5.32 Å². The van der Waals surface area contributed by atoms with Crippen LogP contribution in [-0.4, -0.2) is 22.0 Å². The van der Waals surface area contributed by atoms with Gasteiger partial charge < -0.3 is 10.4 Å². The Kier molecular flexibility index (Phi) is 2.96. The number of aromatic carboxylic acids is 1. The lowest BCUT2D eigenvalue weighted by molar-refractivity contribution is -0.111. The second kappa shape index (κ2) is 4.18. The Bertz CT molecular complexity index is 387. The van der Waals surface area contributed by atoms with Crippen LogP contribution in [0.3, 0.4) is 0 Å². The molecular formula is C9H8N2O3. The van der Waals surface area contributed by atoms with Crippen molar-refractivity contribution in [3.63, 3.8) is 0 Å². The van der Waals surface area contributed by atoms with Gasteiger partial charge in [-0.3, -0.25) is 9.78 Å². The van der Waals surface area contributed by atoms with Gasteiger partial charge in [-0.1, -0.05) is 6.58 Å². The molecule has 0 aliphatic rings. The van der Waals surface area contributed by atoms with Gasteiger partial charge in [0.25, 0.3) is 0 Å². The van der Waals surface area contributed by atoms with E-state index in [9.17, 15) is 9.59 Å². The number of nitrogens with zero attached hydrogens (tertiary/aromatic N) is 1. The maximum absolute atomic E-state index is 10.9. The van der Waals surface area contributed by atoms with E-state index >= 15 is 0 Å². The number of carbonyl (C=O) groups is 2.